The highest BCUT2D eigenvalue weighted by molar-refractivity contribution is 9.11. The maximum absolute atomic E-state index is 3.58. The molecule has 18 heavy (non-hydrogen) atoms. The van der Waals surface area contributed by atoms with Gasteiger partial charge in [-0.15, -0.1) is 11.3 Å². The van der Waals surface area contributed by atoms with E-state index in [0.29, 0.717) is 6.04 Å². The van der Waals surface area contributed by atoms with Crippen LogP contribution in [-0.2, 0) is 0 Å². The Labute approximate surface area is 124 Å². The van der Waals surface area contributed by atoms with Gasteiger partial charge in [-0.1, -0.05) is 0 Å². The van der Waals surface area contributed by atoms with Crippen molar-refractivity contribution in [3.05, 3.63) is 43.2 Å². The van der Waals surface area contributed by atoms with Crippen LogP contribution in [0.2, 0.25) is 0 Å². The molecule has 0 saturated carbocycles. The molecule has 1 N–H and O–H groups in total. The van der Waals surface area contributed by atoms with Gasteiger partial charge in [0, 0.05) is 31.1 Å². The number of hydrogen-bond donors (Lipinski definition) is 1. The number of nitrogens with one attached hydrogen (secondary N) is 1. The van der Waals surface area contributed by atoms with Gasteiger partial charge in [-0.2, -0.15) is 11.3 Å². The fraction of sp³-hybridized carbons (Fsp3) is 0.385. The SMILES string of the molecule is Brc1ccc(C(c2ccsc2)N2CCNCC2)s1. The summed E-state index contributed by atoms with van der Waals surface area (Å²) in [7, 11) is 0. The Morgan fingerprint density at radius 3 is 2.67 bits per heavy atom. The second kappa shape index (κ2) is 5.84. The van der Waals surface area contributed by atoms with E-state index in [1.807, 2.05) is 11.3 Å². The molecule has 2 aromatic heterocycles. The molecule has 0 aromatic carbocycles. The maximum atomic E-state index is 3.58. The van der Waals surface area contributed by atoms with Gasteiger partial charge < -0.3 is 5.32 Å². The second-order valence-electron chi connectivity index (χ2n) is 4.39. The fourth-order valence-electron chi connectivity index (χ4n) is 2.40. The van der Waals surface area contributed by atoms with Crippen LogP contribution in [0.4, 0.5) is 0 Å². The van der Waals surface area contributed by atoms with Crippen LogP contribution in [0.1, 0.15) is 16.5 Å². The van der Waals surface area contributed by atoms with E-state index in [-0.39, 0.29) is 0 Å². The van der Waals surface area contributed by atoms with Crippen molar-refractivity contribution in [2.45, 2.75) is 6.04 Å². The van der Waals surface area contributed by atoms with Gasteiger partial charge >= 0.3 is 0 Å². The Morgan fingerprint density at radius 2 is 2.06 bits per heavy atom. The Kier molecular flexibility index (Phi) is 4.16. The molecule has 96 valence electrons. The molecule has 0 spiro atoms. The highest BCUT2D eigenvalue weighted by atomic mass is 79.9. The van der Waals surface area contributed by atoms with Gasteiger partial charge in [0.05, 0.1) is 9.83 Å². The first-order valence-electron chi connectivity index (χ1n) is 6.07. The van der Waals surface area contributed by atoms with Crippen molar-refractivity contribution in [3.8, 4) is 0 Å². The third-order valence-corrected chi connectivity index (χ3v) is 5.62. The van der Waals surface area contributed by atoms with Crippen molar-refractivity contribution in [2.24, 2.45) is 0 Å². The molecule has 0 aliphatic carbocycles. The van der Waals surface area contributed by atoms with Crippen LogP contribution < -0.4 is 5.32 Å². The molecule has 1 aliphatic heterocycles. The summed E-state index contributed by atoms with van der Waals surface area (Å²) in [6.45, 7) is 4.42. The number of hydrogen-bond acceptors (Lipinski definition) is 4. The minimum atomic E-state index is 0.426. The lowest BCUT2D eigenvalue weighted by Gasteiger charge is -2.34. The molecule has 5 heteroatoms. The van der Waals surface area contributed by atoms with Crippen molar-refractivity contribution in [2.75, 3.05) is 26.2 Å². The molecule has 1 atom stereocenters. The second-order valence-corrected chi connectivity index (χ2v) is 7.66. The largest absolute Gasteiger partial charge is 0.314 e. The first-order valence-corrected chi connectivity index (χ1v) is 8.62. The molecule has 2 aromatic rings. The predicted octanol–water partition coefficient (Wildman–Crippen LogP) is 3.57. The lowest BCUT2D eigenvalue weighted by atomic mass is 10.1. The van der Waals surface area contributed by atoms with E-state index in [1.54, 1.807) is 11.3 Å². The number of nitrogens with zero attached hydrogens (tertiary/aromatic N) is 1. The Bertz CT molecular complexity index is 489. The van der Waals surface area contributed by atoms with Crippen LogP contribution in [-0.4, -0.2) is 31.1 Å². The topological polar surface area (TPSA) is 15.3 Å². The van der Waals surface area contributed by atoms with Crippen LogP contribution in [0.3, 0.4) is 0 Å². The van der Waals surface area contributed by atoms with Gasteiger partial charge in [-0.3, -0.25) is 4.90 Å². The zero-order chi connectivity index (χ0) is 12.4. The first kappa shape index (κ1) is 12.8. The lowest BCUT2D eigenvalue weighted by molar-refractivity contribution is 0.201. The average Bonchev–Trinajstić information content (AvgIpc) is 3.04. The highest BCUT2D eigenvalue weighted by Crippen LogP contribution is 2.36. The van der Waals surface area contributed by atoms with Crippen molar-refractivity contribution >= 4 is 38.6 Å². The van der Waals surface area contributed by atoms with E-state index < -0.39 is 0 Å². The van der Waals surface area contributed by atoms with E-state index in [4.69, 9.17) is 0 Å². The third-order valence-electron chi connectivity index (χ3n) is 3.24. The molecule has 0 radical (unpaired) electrons. The van der Waals surface area contributed by atoms with Crippen LogP contribution in [0.15, 0.2) is 32.7 Å². The van der Waals surface area contributed by atoms with Crippen molar-refractivity contribution in [1.29, 1.82) is 0 Å². The van der Waals surface area contributed by atoms with E-state index in [9.17, 15) is 0 Å². The van der Waals surface area contributed by atoms with Crippen molar-refractivity contribution < 1.29 is 0 Å². The molecule has 3 heterocycles. The summed E-state index contributed by atoms with van der Waals surface area (Å²) in [6.07, 6.45) is 0. The first-order chi connectivity index (χ1) is 8.84. The van der Waals surface area contributed by atoms with Gasteiger partial charge in [0.15, 0.2) is 0 Å². The van der Waals surface area contributed by atoms with Gasteiger partial charge in [0.1, 0.15) is 0 Å². The van der Waals surface area contributed by atoms with Crippen LogP contribution in [0.5, 0.6) is 0 Å². The summed E-state index contributed by atoms with van der Waals surface area (Å²) >= 11 is 7.21. The maximum Gasteiger partial charge on any atom is 0.0705 e. The number of piperazine rings is 1. The summed E-state index contributed by atoms with van der Waals surface area (Å²) in [5, 5.41) is 7.88. The van der Waals surface area contributed by atoms with Crippen molar-refractivity contribution in [3.63, 3.8) is 0 Å². The zero-order valence-electron chi connectivity index (χ0n) is 9.93. The molecule has 1 fully saturated rings. The smallest absolute Gasteiger partial charge is 0.0705 e. The minimum Gasteiger partial charge on any atom is -0.314 e. The van der Waals surface area contributed by atoms with Gasteiger partial charge in [0.25, 0.3) is 0 Å². The molecule has 0 bridgehead atoms. The average molecular weight is 343 g/mol. The predicted molar refractivity (Wildman–Crippen MR) is 82.6 cm³/mol. The summed E-state index contributed by atoms with van der Waals surface area (Å²) < 4.78 is 1.22. The third kappa shape index (κ3) is 2.70. The lowest BCUT2D eigenvalue weighted by Crippen LogP contribution is -2.45. The fourth-order valence-corrected chi connectivity index (χ4v) is 4.67. The molecule has 2 nitrogen and oxygen atoms in total. The zero-order valence-corrected chi connectivity index (χ0v) is 13.2. The van der Waals surface area contributed by atoms with Crippen LogP contribution >= 0.6 is 38.6 Å². The quantitative estimate of drug-likeness (QED) is 0.917. The summed E-state index contributed by atoms with van der Waals surface area (Å²) in [4.78, 5) is 4.01. The molecular formula is C13H15BrN2S2. The van der Waals surface area contributed by atoms with Gasteiger partial charge in [-0.05, 0) is 50.5 Å². The Hall–Kier alpha value is -0.200. The van der Waals surface area contributed by atoms with Gasteiger partial charge in [0.2, 0.25) is 0 Å². The number of rotatable bonds is 3. The molecular weight excluding hydrogens is 328 g/mol. The van der Waals surface area contributed by atoms with Gasteiger partial charge in [-0.25, -0.2) is 0 Å². The van der Waals surface area contributed by atoms with E-state index >= 15 is 0 Å². The number of thiophene rings is 2. The summed E-state index contributed by atoms with van der Waals surface area (Å²) in [5.74, 6) is 0. The summed E-state index contributed by atoms with van der Waals surface area (Å²) in [6, 6.07) is 7.08. The highest BCUT2D eigenvalue weighted by Gasteiger charge is 2.25. The Balaban J connectivity index is 1.92. The Morgan fingerprint density at radius 1 is 1.22 bits per heavy atom. The van der Waals surface area contributed by atoms with Crippen LogP contribution in [0, 0.1) is 0 Å². The molecule has 1 aliphatic rings. The molecule has 0 amide bonds. The van der Waals surface area contributed by atoms with Crippen molar-refractivity contribution in [1.82, 2.24) is 10.2 Å². The minimum absolute atomic E-state index is 0.426. The number of halogens is 1. The van der Waals surface area contributed by atoms with E-state index in [0.717, 1.165) is 26.2 Å². The normalized spacial score (nSPS) is 18.9. The monoisotopic (exact) mass is 342 g/mol. The van der Waals surface area contributed by atoms with E-state index in [2.05, 4.69) is 55.1 Å². The standard InChI is InChI=1S/C13H15BrN2S2/c14-12-2-1-11(18-12)13(10-3-8-17-9-10)16-6-4-15-5-7-16/h1-3,8-9,13,15H,4-7H2. The molecule has 3 rings (SSSR count). The molecule has 1 unspecified atom stereocenters. The van der Waals surface area contributed by atoms with E-state index in [1.165, 1.54) is 14.2 Å². The van der Waals surface area contributed by atoms with Crippen LogP contribution in [0.25, 0.3) is 0 Å². The molecule has 1 saturated heterocycles. The summed E-state index contributed by atoms with van der Waals surface area (Å²) in [5.41, 5.74) is 1.43.